The maximum atomic E-state index is 11.8. The second kappa shape index (κ2) is 7.18. The Morgan fingerprint density at radius 1 is 1.47 bits per heavy atom. The highest BCUT2D eigenvalue weighted by atomic mass is 32.2. The molecule has 0 saturated carbocycles. The molecule has 0 aliphatic heterocycles. The van der Waals surface area contributed by atoms with Crippen molar-refractivity contribution < 1.29 is 19.2 Å². The average Bonchev–Trinajstić information content (AvgIpc) is 2.66. The molecular formula is C12H18N2O4S. The molecule has 0 aliphatic carbocycles. The summed E-state index contributed by atoms with van der Waals surface area (Å²) in [7, 11) is 0. The van der Waals surface area contributed by atoms with E-state index in [0.29, 0.717) is 29.2 Å². The molecule has 1 aromatic heterocycles. The second-order valence-corrected chi connectivity index (χ2v) is 5.20. The Labute approximate surface area is 115 Å². The molecule has 1 rings (SSSR count). The molecule has 1 aromatic rings. The van der Waals surface area contributed by atoms with Gasteiger partial charge in [-0.1, -0.05) is 5.16 Å². The lowest BCUT2D eigenvalue weighted by Crippen LogP contribution is -2.42. The summed E-state index contributed by atoms with van der Waals surface area (Å²) in [4.78, 5) is 22.9. The van der Waals surface area contributed by atoms with Gasteiger partial charge in [0.05, 0.1) is 12.1 Å². The van der Waals surface area contributed by atoms with Crippen molar-refractivity contribution in [2.24, 2.45) is 0 Å². The van der Waals surface area contributed by atoms with E-state index in [1.807, 2.05) is 6.26 Å². The van der Waals surface area contributed by atoms with Gasteiger partial charge < -0.3 is 14.9 Å². The molecule has 6 nitrogen and oxygen atoms in total. The predicted molar refractivity (Wildman–Crippen MR) is 72.2 cm³/mol. The fraction of sp³-hybridized carbons (Fsp3) is 0.583. The number of nitrogens with one attached hydrogen (secondary N) is 1. The Hall–Kier alpha value is -1.50. The van der Waals surface area contributed by atoms with E-state index in [4.69, 9.17) is 9.63 Å². The van der Waals surface area contributed by atoms with Crippen LogP contribution in [0.1, 0.15) is 23.4 Å². The van der Waals surface area contributed by atoms with E-state index in [0.717, 1.165) is 0 Å². The van der Waals surface area contributed by atoms with Crippen LogP contribution in [0, 0.1) is 13.8 Å². The maximum Gasteiger partial charge on any atom is 0.326 e. The van der Waals surface area contributed by atoms with Crippen LogP contribution in [0.25, 0.3) is 0 Å². The highest BCUT2D eigenvalue weighted by Gasteiger charge is 2.21. The van der Waals surface area contributed by atoms with Crippen molar-refractivity contribution in [1.29, 1.82) is 0 Å². The van der Waals surface area contributed by atoms with E-state index in [9.17, 15) is 9.59 Å². The fourth-order valence-corrected chi connectivity index (χ4v) is 2.12. The van der Waals surface area contributed by atoms with Gasteiger partial charge in [-0.05, 0) is 32.3 Å². The van der Waals surface area contributed by atoms with Crippen LogP contribution in [-0.2, 0) is 16.0 Å². The Balaban J connectivity index is 2.60. The SMILES string of the molecule is CSCCC(NC(=O)Cc1c(C)noc1C)C(=O)O. The molecule has 1 unspecified atom stereocenters. The molecule has 106 valence electrons. The van der Waals surface area contributed by atoms with Crippen LogP contribution in [-0.4, -0.2) is 40.2 Å². The van der Waals surface area contributed by atoms with Crippen molar-refractivity contribution in [2.45, 2.75) is 32.7 Å². The van der Waals surface area contributed by atoms with Gasteiger partial charge in [-0.3, -0.25) is 4.79 Å². The minimum atomic E-state index is -1.01. The van der Waals surface area contributed by atoms with E-state index >= 15 is 0 Å². The smallest absolute Gasteiger partial charge is 0.326 e. The van der Waals surface area contributed by atoms with Gasteiger partial charge in [0, 0.05) is 5.56 Å². The second-order valence-electron chi connectivity index (χ2n) is 4.22. The van der Waals surface area contributed by atoms with E-state index in [-0.39, 0.29) is 12.3 Å². The van der Waals surface area contributed by atoms with Crippen molar-refractivity contribution >= 4 is 23.6 Å². The molecule has 0 fully saturated rings. The maximum absolute atomic E-state index is 11.8. The molecule has 0 spiro atoms. The standard InChI is InChI=1S/C12H18N2O4S/c1-7-9(8(2)18-14-7)6-11(15)13-10(12(16)17)4-5-19-3/h10H,4-6H2,1-3H3,(H,13,15)(H,16,17). The molecule has 0 radical (unpaired) electrons. The predicted octanol–water partition coefficient (Wildman–Crippen LogP) is 1.16. The molecule has 2 N–H and O–H groups in total. The summed E-state index contributed by atoms with van der Waals surface area (Å²) in [5.41, 5.74) is 1.37. The number of aromatic nitrogens is 1. The van der Waals surface area contributed by atoms with E-state index in [1.54, 1.807) is 25.6 Å². The number of thioether (sulfide) groups is 1. The molecule has 19 heavy (non-hydrogen) atoms. The Morgan fingerprint density at radius 3 is 2.63 bits per heavy atom. The van der Waals surface area contributed by atoms with Crippen molar-refractivity contribution in [2.75, 3.05) is 12.0 Å². The number of carboxylic acids is 1. The zero-order chi connectivity index (χ0) is 14.4. The van der Waals surface area contributed by atoms with Crippen molar-refractivity contribution in [3.05, 3.63) is 17.0 Å². The number of aliphatic carboxylic acids is 1. The summed E-state index contributed by atoms with van der Waals surface area (Å²) >= 11 is 1.55. The molecule has 1 atom stereocenters. The van der Waals surface area contributed by atoms with Crippen LogP contribution in [0.4, 0.5) is 0 Å². The largest absolute Gasteiger partial charge is 0.480 e. The van der Waals surface area contributed by atoms with Gasteiger partial charge >= 0.3 is 5.97 Å². The van der Waals surface area contributed by atoms with E-state index < -0.39 is 12.0 Å². The van der Waals surface area contributed by atoms with Gasteiger partial charge in [-0.2, -0.15) is 11.8 Å². The number of carbonyl (C=O) groups is 2. The number of hydrogen-bond donors (Lipinski definition) is 2. The first-order valence-electron chi connectivity index (χ1n) is 5.88. The third-order valence-corrected chi connectivity index (χ3v) is 3.41. The number of amides is 1. The third kappa shape index (κ3) is 4.59. The zero-order valence-corrected chi connectivity index (χ0v) is 12.0. The number of nitrogens with zero attached hydrogens (tertiary/aromatic N) is 1. The van der Waals surface area contributed by atoms with Gasteiger partial charge in [-0.15, -0.1) is 0 Å². The summed E-state index contributed by atoms with van der Waals surface area (Å²) in [6, 6.07) is -0.847. The highest BCUT2D eigenvalue weighted by Crippen LogP contribution is 2.13. The lowest BCUT2D eigenvalue weighted by atomic mass is 10.1. The van der Waals surface area contributed by atoms with Gasteiger partial charge in [0.25, 0.3) is 0 Å². The molecule has 1 heterocycles. The summed E-state index contributed by atoms with van der Waals surface area (Å²) in [6.07, 6.45) is 2.39. The van der Waals surface area contributed by atoms with E-state index in [1.165, 1.54) is 0 Å². The van der Waals surface area contributed by atoms with Gasteiger partial charge in [0.2, 0.25) is 5.91 Å². The Morgan fingerprint density at radius 2 is 2.16 bits per heavy atom. The van der Waals surface area contributed by atoms with Crippen molar-refractivity contribution in [3.63, 3.8) is 0 Å². The van der Waals surface area contributed by atoms with Crippen molar-refractivity contribution in [1.82, 2.24) is 10.5 Å². The van der Waals surface area contributed by atoms with Crippen LogP contribution >= 0.6 is 11.8 Å². The van der Waals surface area contributed by atoms with E-state index in [2.05, 4.69) is 10.5 Å². The van der Waals surface area contributed by atoms with Crippen LogP contribution in [0.3, 0.4) is 0 Å². The number of carboxylic acid groups (broad SMARTS) is 1. The van der Waals surface area contributed by atoms with Crippen molar-refractivity contribution in [3.8, 4) is 0 Å². The first-order chi connectivity index (χ1) is 8.95. The fourth-order valence-electron chi connectivity index (χ4n) is 1.65. The molecule has 7 heteroatoms. The van der Waals surface area contributed by atoms with Crippen LogP contribution in [0.15, 0.2) is 4.52 Å². The number of aryl methyl sites for hydroxylation is 2. The first kappa shape index (κ1) is 15.6. The topological polar surface area (TPSA) is 92.4 Å². The molecular weight excluding hydrogens is 268 g/mol. The summed E-state index contributed by atoms with van der Waals surface area (Å²) < 4.78 is 4.96. The summed E-state index contributed by atoms with van der Waals surface area (Å²) in [6.45, 7) is 3.48. The normalized spacial score (nSPS) is 12.2. The third-order valence-electron chi connectivity index (χ3n) is 2.76. The van der Waals surface area contributed by atoms with Crippen LogP contribution < -0.4 is 5.32 Å². The number of carbonyl (C=O) groups excluding carboxylic acids is 1. The molecule has 0 saturated heterocycles. The highest BCUT2D eigenvalue weighted by molar-refractivity contribution is 7.98. The van der Waals surface area contributed by atoms with Crippen LogP contribution in [0.2, 0.25) is 0 Å². The lowest BCUT2D eigenvalue weighted by molar-refractivity contribution is -0.141. The summed E-state index contributed by atoms with van der Waals surface area (Å²) in [5, 5.41) is 15.3. The molecule has 1 amide bonds. The molecule has 0 bridgehead atoms. The number of hydrogen-bond acceptors (Lipinski definition) is 5. The Bertz CT molecular complexity index is 439. The van der Waals surface area contributed by atoms with Crippen LogP contribution in [0.5, 0.6) is 0 Å². The quantitative estimate of drug-likeness (QED) is 0.781. The van der Waals surface area contributed by atoms with Gasteiger partial charge in [-0.25, -0.2) is 4.79 Å². The lowest BCUT2D eigenvalue weighted by Gasteiger charge is -2.13. The minimum absolute atomic E-state index is 0.0875. The first-order valence-corrected chi connectivity index (χ1v) is 7.28. The van der Waals surface area contributed by atoms with Gasteiger partial charge in [0.1, 0.15) is 11.8 Å². The minimum Gasteiger partial charge on any atom is -0.480 e. The van der Waals surface area contributed by atoms with Gasteiger partial charge in [0.15, 0.2) is 0 Å². The molecule has 0 aliphatic rings. The Kier molecular flexibility index (Phi) is 5.88. The zero-order valence-electron chi connectivity index (χ0n) is 11.2. The molecule has 0 aromatic carbocycles. The summed E-state index contributed by atoms with van der Waals surface area (Å²) in [5.74, 6) is -0.0737. The number of rotatable bonds is 7. The monoisotopic (exact) mass is 286 g/mol. The average molecular weight is 286 g/mol.